The molecule has 1 aromatic carbocycles. The van der Waals surface area contributed by atoms with Gasteiger partial charge in [-0.15, -0.1) is 21.5 Å². The van der Waals surface area contributed by atoms with E-state index >= 15 is 4.39 Å². The number of pyridine rings is 2. The molecule has 6 aromatic rings. The first-order valence-corrected chi connectivity index (χ1v) is 28.0. The number of phenolic OH excluding ortho intramolecular Hbond substituents is 1. The second-order valence-corrected chi connectivity index (χ2v) is 22.6. The highest BCUT2D eigenvalue weighted by Crippen LogP contribution is 2.41. The number of aryl methyl sites for hydroxylation is 1. The van der Waals surface area contributed by atoms with Crippen LogP contribution in [0.2, 0.25) is 0 Å². The lowest BCUT2D eigenvalue weighted by Gasteiger charge is -2.43. The van der Waals surface area contributed by atoms with Crippen molar-refractivity contribution in [1.82, 2.24) is 45.4 Å². The average Bonchev–Trinajstić information content (AvgIpc) is 4.23. The molecule has 2 bridgehead atoms. The Balaban J connectivity index is 0.604. The number of likely N-dealkylation sites (tertiary alicyclic amines) is 2. The molecule has 412 valence electrons. The summed E-state index contributed by atoms with van der Waals surface area (Å²) in [5.74, 6) is -0.712. The van der Waals surface area contributed by atoms with Crippen molar-refractivity contribution < 1.29 is 42.9 Å². The lowest BCUT2D eigenvalue weighted by atomic mass is 9.91. The van der Waals surface area contributed by atoms with Crippen molar-refractivity contribution in [3.63, 3.8) is 0 Å². The van der Waals surface area contributed by atoms with E-state index in [0.29, 0.717) is 47.6 Å². The number of nitrogens with one attached hydrogen (secondary N) is 1. The van der Waals surface area contributed by atoms with Crippen LogP contribution in [-0.4, -0.2) is 151 Å². The standard InChI is InChI=1S/C56H67FN12O8S/c1-31(2)52(56(73)68-29-37(70)20-47(68)55(72)62-32(3)42-26-60-45(23-43(42)57)53-33(4)61-30-78-53)49-25-51(65-77-49)74-18-17-66-15-12-38(13-16-66)75-39-21-40(22-39)76-50-19-34(11-14-59-50)69-35-9-10-36(69)28-67(27-35)46-24-44(63-64-54(46)58)41-7-5-6-8-48(41)71/h5-8,11,14,19,23-26,30-32,35-40,47,52,70-71H,9-10,12-13,15-18,20-22,27-29H2,1-4H3,(H2,58,64)(H,62,72)/t32-,35?,36?,37-,39-,40-,47+,52-/m1/s1. The molecule has 20 nitrogen and oxygen atoms in total. The SMILES string of the molecule is Cc1ncsc1-c1cc(F)c([C@@H](C)NC(=O)[C@@H]2C[C@@H](O)CN2C(=O)[C@@H](c2cc(OCCN3CCC(O[C@H]4C[C@H](Oc5cc(N6C7CCC6CN(c6cc(-c8ccccc8O)nnc6N)C7)ccn5)C4)CC3)no2)C(C)C)cn1. The summed E-state index contributed by atoms with van der Waals surface area (Å²) in [6.07, 6.45) is 8.30. The number of fused-ring (bicyclic) bond motifs is 2. The molecule has 1 aliphatic carbocycles. The van der Waals surface area contributed by atoms with E-state index in [1.165, 1.54) is 28.5 Å². The predicted octanol–water partition coefficient (Wildman–Crippen LogP) is 6.69. The van der Waals surface area contributed by atoms with Crippen LogP contribution in [0.25, 0.3) is 21.8 Å². The Hall–Kier alpha value is -7.01. The fraction of sp³-hybridized carbons (Fsp3) is 0.500. The summed E-state index contributed by atoms with van der Waals surface area (Å²) in [6, 6.07) is 15.0. The third kappa shape index (κ3) is 11.3. The Labute approximate surface area is 456 Å². The Morgan fingerprint density at radius 2 is 1.69 bits per heavy atom. The molecule has 4 aliphatic heterocycles. The van der Waals surface area contributed by atoms with Gasteiger partial charge in [0.2, 0.25) is 17.7 Å². The number of benzene rings is 1. The zero-order valence-electron chi connectivity index (χ0n) is 44.3. The highest BCUT2D eigenvalue weighted by atomic mass is 32.1. The molecule has 5 N–H and O–H groups in total. The van der Waals surface area contributed by atoms with E-state index in [0.717, 1.165) is 86.6 Å². The zero-order chi connectivity index (χ0) is 54.2. The number of halogens is 1. The number of amides is 2. The molecular weight excluding hydrogens is 1020 g/mol. The fourth-order valence-electron chi connectivity index (χ4n) is 11.9. The maximum absolute atomic E-state index is 15.4. The molecule has 4 saturated heterocycles. The summed E-state index contributed by atoms with van der Waals surface area (Å²) >= 11 is 1.37. The number of aliphatic hydroxyl groups is 1. The van der Waals surface area contributed by atoms with Crippen LogP contribution in [-0.2, 0) is 14.3 Å². The number of para-hydroxylation sites is 1. The number of nitrogen functional groups attached to an aromatic ring is 1. The van der Waals surface area contributed by atoms with E-state index in [-0.39, 0.29) is 72.4 Å². The Bertz CT molecular complexity index is 3080. The minimum absolute atomic E-state index is 0.0345. The van der Waals surface area contributed by atoms with Crippen LogP contribution in [0, 0.1) is 18.7 Å². The normalized spacial score (nSPS) is 23.3. The van der Waals surface area contributed by atoms with Crippen molar-refractivity contribution in [3.8, 4) is 39.3 Å². The number of carbonyl (C=O) groups is 2. The number of hydrogen-bond donors (Lipinski definition) is 4. The number of nitrogens with two attached hydrogens (primary N) is 1. The van der Waals surface area contributed by atoms with Gasteiger partial charge in [0.1, 0.15) is 36.2 Å². The molecule has 5 aromatic heterocycles. The van der Waals surface area contributed by atoms with Crippen LogP contribution in [0.4, 0.5) is 21.6 Å². The van der Waals surface area contributed by atoms with Crippen molar-refractivity contribution in [3.05, 3.63) is 95.3 Å². The molecule has 9 heterocycles. The van der Waals surface area contributed by atoms with Crippen molar-refractivity contribution in [2.45, 2.75) is 127 Å². The fourth-order valence-corrected chi connectivity index (χ4v) is 12.6. The van der Waals surface area contributed by atoms with Crippen molar-refractivity contribution in [2.24, 2.45) is 5.92 Å². The summed E-state index contributed by atoms with van der Waals surface area (Å²) in [6.45, 7) is 11.6. The summed E-state index contributed by atoms with van der Waals surface area (Å²) in [5, 5.41) is 36.7. The number of hydrogen-bond acceptors (Lipinski definition) is 19. The number of β-amino-alcohol motifs (C(OH)–C–C–N with tert-alkyl or cyclic N) is 1. The van der Waals surface area contributed by atoms with Gasteiger partial charge in [-0.1, -0.05) is 26.0 Å². The maximum atomic E-state index is 15.4. The van der Waals surface area contributed by atoms with Crippen LogP contribution < -0.4 is 30.3 Å². The van der Waals surface area contributed by atoms with E-state index in [9.17, 15) is 19.8 Å². The number of ether oxygens (including phenoxy) is 3. The number of aliphatic hydroxyl groups excluding tert-OH is 1. The third-order valence-electron chi connectivity index (χ3n) is 16.0. The number of phenols is 1. The number of piperazine rings is 1. The first kappa shape index (κ1) is 53.0. The number of aromatic nitrogens is 6. The smallest absolute Gasteiger partial charge is 0.254 e. The molecule has 11 rings (SSSR count). The number of thiazole rings is 1. The van der Waals surface area contributed by atoms with Crippen LogP contribution in [0.5, 0.6) is 17.5 Å². The van der Waals surface area contributed by atoms with E-state index in [4.69, 9.17) is 24.5 Å². The van der Waals surface area contributed by atoms with Crippen molar-refractivity contribution in [2.75, 3.05) is 61.4 Å². The van der Waals surface area contributed by atoms with Gasteiger partial charge in [0, 0.05) is 118 Å². The van der Waals surface area contributed by atoms with Gasteiger partial charge in [0.15, 0.2) is 11.6 Å². The van der Waals surface area contributed by atoms with Gasteiger partial charge in [-0.25, -0.2) is 14.4 Å². The Kier molecular flexibility index (Phi) is 15.5. The highest BCUT2D eigenvalue weighted by Gasteiger charge is 2.45. The van der Waals surface area contributed by atoms with Gasteiger partial charge in [-0.3, -0.25) is 19.5 Å². The van der Waals surface area contributed by atoms with Gasteiger partial charge < -0.3 is 54.7 Å². The van der Waals surface area contributed by atoms with Gasteiger partial charge in [0.25, 0.3) is 5.88 Å². The second kappa shape index (κ2) is 22.8. The molecule has 2 amide bonds. The zero-order valence-corrected chi connectivity index (χ0v) is 45.1. The lowest BCUT2D eigenvalue weighted by molar-refractivity contribution is -0.141. The summed E-state index contributed by atoms with van der Waals surface area (Å²) < 4.78 is 40.0. The van der Waals surface area contributed by atoms with E-state index < -0.39 is 35.8 Å². The minimum atomic E-state index is -0.977. The van der Waals surface area contributed by atoms with E-state index in [1.807, 2.05) is 45.2 Å². The van der Waals surface area contributed by atoms with Crippen LogP contribution in [0.1, 0.15) is 94.7 Å². The van der Waals surface area contributed by atoms with Gasteiger partial charge in [0.05, 0.1) is 57.5 Å². The Morgan fingerprint density at radius 1 is 0.910 bits per heavy atom. The van der Waals surface area contributed by atoms with Crippen LogP contribution >= 0.6 is 11.3 Å². The molecule has 78 heavy (non-hydrogen) atoms. The molecule has 1 saturated carbocycles. The lowest BCUT2D eigenvalue weighted by Crippen LogP contribution is -2.54. The Morgan fingerprint density at radius 3 is 2.42 bits per heavy atom. The quantitative estimate of drug-likeness (QED) is 0.0701. The second-order valence-electron chi connectivity index (χ2n) is 21.7. The predicted molar refractivity (Wildman–Crippen MR) is 290 cm³/mol. The number of anilines is 3. The van der Waals surface area contributed by atoms with Crippen LogP contribution in [0.3, 0.4) is 0 Å². The van der Waals surface area contributed by atoms with Gasteiger partial charge in [-0.05, 0) is 74.9 Å². The third-order valence-corrected chi connectivity index (χ3v) is 17.0. The summed E-state index contributed by atoms with van der Waals surface area (Å²) in [7, 11) is 0. The number of piperidine rings is 1. The van der Waals surface area contributed by atoms with E-state index in [2.05, 4.69) is 62.5 Å². The minimum Gasteiger partial charge on any atom is -0.507 e. The summed E-state index contributed by atoms with van der Waals surface area (Å²) in [5.41, 5.74) is 12.6. The molecule has 5 aliphatic rings. The molecule has 5 fully saturated rings. The van der Waals surface area contributed by atoms with Gasteiger partial charge in [-0.2, -0.15) is 0 Å². The molecule has 2 unspecified atom stereocenters. The number of rotatable bonds is 18. The first-order chi connectivity index (χ1) is 37.7. The van der Waals surface area contributed by atoms with Gasteiger partial charge >= 0.3 is 0 Å². The topological polar surface area (TPSA) is 244 Å². The highest BCUT2D eigenvalue weighted by molar-refractivity contribution is 7.13. The van der Waals surface area contributed by atoms with Crippen molar-refractivity contribution >= 4 is 40.3 Å². The molecule has 6 atom stereocenters. The summed E-state index contributed by atoms with van der Waals surface area (Å²) in [4.78, 5) is 50.5. The monoisotopic (exact) mass is 1090 g/mol. The largest absolute Gasteiger partial charge is 0.507 e. The van der Waals surface area contributed by atoms with Crippen LogP contribution in [0.15, 0.2) is 77.0 Å². The maximum Gasteiger partial charge on any atom is 0.254 e. The number of carbonyl (C=O) groups excluding carboxylic acids is 2. The number of nitrogens with zero attached hydrogens (tertiary/aromatic N) is 10. The number of aromatic hydroxyl groups is 1. The average molecular weight is 1090 g/mol. The van der Waals surface area contributed by atoms with E-state index in [1.54, 1.807) is 30.6 Å². The van der Waals surface area contributed by atoms with Crippen molar-refractivity contribution in [1.29, 1.82) is 0 Å². The molecular formula is C56H67FN12O8S. The molecule has 0 spiro atoms. The molecule has 22 heteroatoms. The first-order valence-electron chi connectivity index (χ1n) is 27.1. The molecule has 0 radical (unpaired) electrons.